The van der Waals surface area contributed by atoms with E-state index in [4.69, 9.17) is 0 Å². The van der Waals surface area contributed by atoms with Crippen LogP contribution in [0, 0.1) is 13.8 Å². The normalized spacial score (nSPS) is 13.9. The molecule has 0 aromatic heterocycles. The summed E-state index contributed by atoms with van der Waals surface area (Å²) < 4.78 is 0. The van der Waals surface area contributed by atoms with E-state index in [0.717, 1.165) is 24.2 Å². The quantitative estimate of drug-likeness (QED) is 0.279. The molecule has 3 rings (SSSR count). The highest BCUT2D eigenvalue weighted by atomic mass is 16.3. The Bertz CT molecular complexity index is 956. The zero-order chi connectivity index (χ0) is 23.8. The van der Waals surface area contributed by atoms with E-state index in [9.17, 15) is 10.2 Å². The van der Waals surface area contributed by atoms with Crippen LogP contribution in [0.5, 0.6) is 0 Å². The highest BCUT2D eigenvalue weighted by Gasteiger charge is 2.21. The third kappa shape index (κ3) is 6.59. The molecule has 0 spiro atoms. The van der Waals surface area contributed by atoms with Crippen molar-refractivity contribution in [3.8, 4) is 0 Å². The molecule has 0 aliphatic carbocycles. The molecule has 3 aromatic rings. The molecule has 0 saturated carbocycles. The van der Waals surface area contributed by atoms with Gasteiger partial charge in [-0.15, -0.1) is 0 Å². The molecule has 0 amide bonds. The van der Waals surface area contributed by atoms with E-state index in [-0.39, 0.29) is 31.2 Å². The minimum absolute atomic E-state index is 0.138. The van der Waals surface area contributed by atoms with E-state index in [2.05, 4.69) is 105 Å². The minimum Gasteiger partial charge on any atom is -0.396 e. The zero-order valence-corrected chi connectivity index (χ0v) is 20.3. The van der Waals surface area contributed by atoms with Gasteiger partial charge in [-0.1, -0.05) is 42.5 Å². The van der Waals surface area contributed by atoms with Gasteiger partial charge in [0, 0.05) is 42.6 Å². The van der Waals surface area contributed by atoms with Gasteiger partial charge in [0.15, 0.2) is 0 Å². The highest BCUT2D eigenvalue weighted by Crippen LogP contribution is 2.37. The van der Waals surface area contributed by atoms with Crippen LogP contribution in [-0.4, -0.2) is 35.5 Å². The molecule has 0 bridgehead atoms. The third-order valence-corrected chi connectivity index (χ3v) is 6.24. The lowest BCUT2D eigenvalue weighted by Gasteiger charge is -2.25. The number of hydrogen-bond acceptors (Lipinski definition) is 4. The molecule has 4 nitrogen and oxygen atoms in total. The molecule has 0 fully saturated rings. The summed E-state index contributed by atoms with van der Waals surface area (Å²) in [6.07, 6.45) is 1.45. The smallest absolute Gasteiger partial charge is 0.0450 e. The van der Waals surface area contributed by atoms with Crippen molar-refractivity contribution in [2.75, 3.05) is 23.8 Å². The number of nitrogens with one attached hydrogen (secondary N) is 2. The molecule has 0 aliphatic rings. The first kappa shape index (κ1) is 24.8. The molecule has 4 N–H and O–H groups in total. The first-order chi connectivity index (χ1) is 15.9. The van der Waals surface area contributed by atoms with Crippen molar-refractivity contribution in [3.63, 3.8) is 0 Å². The Balaban J connectivity index is 1.97. The summed E-state index contributed by atoms with van der Waals surface area (Å²) in [5.74, 6) is 0.138. The van der Waals surface area contributed by atoms with E-state index < -0.39 is 0 Å². The largest absolute Gasteiger partial charge is 0.396 e. The van der Waals surface area contributed by atoms with Crippen molar-refractivity contribution in [1.29, 1.82) is 0 Å². The van der Waals surface area contributed by atoms with Gasteiger partial charge in [0.1, 0.15) is 0 Å². The summed E-state index contributed by atoms with van der Waals surface area (Å²) in [5.41, 5.74) is 8.49. The van der Waals surface area contributed by atoms with Crippen LogP contribution in [0.1, 0.15) is 60.4 Å². The summed E-state index contributed by atoms with van der Waals surface area (Å²) in [7, 11) is 0. The molecular weight excluding hydrogens is 408 g/mol. The maximum Gasteiger partial charge on any atom is 0.0450 e. The Labute approximate surface area is 198 Å². The molecule has 3 aromatic carbocycles. The van der Waals surface area contributed by atoms with Crippen LogP contribution in [0.3, 0.4) is 0 Å². The summed E-state index contributed by atoms with van der Waals surface area (Å²) in [5, 5.41) is 25.4. The molecule has 0 heterocycles. The predicted molar refractivity (Wildman–Crippen MR) is 139 cm³/mol. The van der Waals surface area contributed by atoms with Crippen LogP contribution in [-0.2, 0) is 0 Å². The van der Waals surface area contributed by atoms with Crippen molar-refractivity contribution in [1.82, 2.24) is 0 Å². The lowest BCUT2D eigenvalue weighted by molar-refractivity contribution is 0.281. The van der Waals surface area contributed by atoms with Crippen LogP contribution < -0.4 is 10.6 Å². The van der Waals surface area contributed by atoms with Crippen molar-refractivity contribution < 1.29 is 10.2 Å². The minimum atomic E-state index is 0.138. The van der Waals surface area contributed by atoms with Gasteiger partial charge in [0.25, 0.3) is 0 Å². The predicted octanol–water partition coefficient (Wildman–Crippen LogP) is 5.85. The van der Waals surface area contributed by atoms with Gasteiger partial charge < -0.3 is 20.8 Å². The van der Waals surface area contributed by atoms with Gasteiger partial charge in [-0.25, -0.2) is 0 Å². The number of aryl methyl sites for hydroxylation is 2. The summed E-state index contributed by atoms with van der Waals surface area (Å²) >= 11 is 0. The third-order valence-electron chi connectivity index (χ3n) is 6.24. The van der Waals surface area contributed by atoms with E-state index in [1.165, 1.54) is 27.8 Å². The van der Waals surface area contributed by atoms with E-state index in [0.29, 0.717) is 0 Å². The fraction of sp³-hybridized carbons (Fsp3) is 0.379. The molecule has 0 saturated heterocycles. The van der Waals surface area contributed by atoms with Crippen LogP contribution >= 0.6 is 0 Å². The molecule has 33 heavy (non-hydrogen) atoms. The van der Waals surface area contributed by atoms with Crippen molar-refractivity contribution in [3.05, 3.63) is 94.5 Å². The fourth-order valence-electron chi connectivity index (χ4n) is 4.45. The lowest BCUT2D eigenvalue weighted by Crippen LogP contribution is -2.17. The number of aliphatic hydroxyl groups excluding tert-OH is 2. The molecule has 2 atom stereocenters. The van der Waals surface area contributed by atoms with Crippen molar-refractivity contribution >= 4 is 11.4 Å². The monoisotopic (exact) mass is 446 g/mol. The van der Waals surface area contributed by atoms with E-state index >= 15 is 0 Å². The van der Waals surface area contributed by atoms with Crippen LogP contribution in [0.15, 0.2) is 66.7 Å². The topological polar surface area (TPSA) is 64.5 Å². The summed E-state index contributed by atoms with van der Waals surface area (Å²) in [6, 6.07) is 24.3. The van der Waals surface area contributed by atoms with Gasteiger partial charge in [-0.05, 0) is 92.6 Å². The van der Waals surface area contributed by atoms with E-state index in [1.54, 1.807) is 0 Å². The van der Waals surface area contributed by atoms with E-state index in [1.807, 2.05) is 0 Å². The Kier molecular flexibility index (Phi) is 8.93. The lowest BCUT2D eigenvalue weighted by atomic mass is 9.81. The SMILES string of the molecule is Cc1cc(NC(C)CCO)ccc1C(c1ccccc1)c1ccc(NC(C)CCO)cc1C. The number of aliphatic hydroxyl groups is 2. The Morgan fingerprint density at radius 2 is 1.12 bits per heavy atom. The first-order valence-electron chi connectivity index (χ1n) is 11.9. The Hall–Kier alpha value is -2.82. The standard InChI is InChI=1S/C29H38N2O2/c1-20-18-25(30-22(3)14-16-32)10-12-27(20)29(24-8-6-5-7-9-24)28-13-11-26(19-21(28)2)31-23(4)15-17-33/h5-13,18-19,22-23,29-33H,14-17H2,1-4H3. The highest BCUT2D eigenvalue weighted by molar-refractivity contribution is 5.57. The Morgan fingerprint density at radius 3 is 1.52 bits per heavy atom. The number of benzene rings is 3. The maximum atomic E-state index is 9.20. The second kappa shape index (κ2) is 11.9. The molecule has 4 heteroatoms. The van der Waals surface area contributed by atoms with Gasteiger partial charge in [-0.2, -0.15) is 0 Å². The van der Waals surface area contributed by atoms with Crippen LogP contribution in [0.2, 0.25) is 0 Å². The molecule has 0 radical (unpaired) electrons. The van der Waals surface area contributed by atoms with Crippen molar-refractivity contribution in [2.24, 2.45) is 0 Å². The number of hydrogen-bond donors (Lipinski definition) is 4. The molecular formula is C29H38N2O2. The summed E-state index contributed by atoms with van der Waals surface area (Å²) in [6.45, 7) is 8.90. The summed E-state index contributed by atoms with van der Waals surface area (Å²) in [4.78, 5) is 0. The zero-order valence-electron chi connectivity index (χ0n) is 20.3. The second-order valence-electron chi connectivity index (χ2n) is 9.10. The average molecular weight is 447 g/mol. The average Bonchev–Trinajstić information content (AvgIpc) is 2.78. The van der Waals surface area contributed by atoms with Gasteiger partial charge in [0.2, 0.25) is 0 Å². The fourth-order valence-corrected chi connectivity index (χ4v) is 4.45. The number of anilines is 2. The molecule has 0 aliphatic heterocycles. The molecule has 176 valence electrons. The van der Waals surface area contributed by atoms with Gasteiger partial charge in [0.05, 0.1) is 0 Å². The van der Waals surface area contributed by atoms with Crippen molar-refractivity contribution in [2.45, 2.75) is 58.5 Å². The first-order valence-corrected chi connectivity index (χ1v) is 11.9. The van der Waals surface area contributed by atoms with Gasteiger partial charge in [-0.3, -0.25) is 0 Å². The second-order valence-corrected chi connectivity index (χ2v) is 9.10. The van der Waals surface area contributed by atoms with Crippen LogP contribution in [0.25, 0.3) is 0 Å². The maximum absolute atomic E-state index is 9.20. The van der Waals surface area contributed by atoms with Gasteiger partial charge >= 0.3 is 0 Å². The molecule has 2 unspecified atom stereocenters. The number of rotatable bonds is 11. The Morgan fingerprint density at radius 1 is 0.667 bits per heavy atom. The van der Waals surface area contributed by atoms with Crippen LogP contribution in [0.4, 0.5) is 11.4 Å².